The summed E-state index contributed by atoms with van der Waals surface area (Å²) in [6.07, 6.45) is 0.673. The zero-order chi connectivity index (χ0) is 20.8. The van der Waals surface area contributed by atoms with Crippen LogP contribution in [0.15, 0.2) is 64.3 Å². The molecule has 0 fully saturated rings. The van der Waals surface area contributed by atoms with Crippen LogP contribution >= 0.6 is 15.9 Å². The van der Waals surface area contributed by atoms with E-state index in [2.05, 4.69) is 15.9 Å². The summed E-state index contributed by atoms with van der Waals surface area (Å²) < 4.78 is 0.861. The second-order valence-electron chi connectivity index (χ2n) is 8.83. The maximum absolute atomic E-state index is 13.4. The Labute approximate surface area is 176 Å². The zero-order valence-corrected chi connectivity index (χ0v) is 17.7. The SMILES string of the molecule is CC1(C)CC(=O)C2=C(C1)N(c1ccc(Br)cc1)[C@@]1(O)c3ccccc3C(=O)[C@@]21O. The van der Waals surface area contributed by atoms with Crippen LogP contribution in [0.1, 0.15) is 42.6 Å². The predicted molar refractivity (Wildman–Crippen MR) is 111 cm³/mol. The molecule has 0 saturated carbocycles. The summed E-state index contributed by atoms with van der Waals surface area (Å²) in [5.41, 5.74) is -3.04. The summed E-state index contributed by atoms with van der Waals surface area (Å²) in [7, 11) is 0. The lowest BCUT2D eigenvalue weighted by Crippen LogP contribution is -2.58. The summed E-state index contributed by atoms with van der Waals surface area (Å²) >= 11 is 3.42. The molecule has 0 bridgehead atoms. The Bertz CT molecular complexity index is 1120. The lowest BCUT2D eigenvalue weighted by atomic mass is 9.72. The first-order chi connectivity index (χ1) is 13.6. The molecule has 148 valence electrons. The molecule has 1 aliphatic heterocycles. The van der Waals surface area contributed by atoms with E-state index in [4.69, 9.17) is 0 Å². The minimum atomic E-state index is -2.33. The first-order valence-corrected chi connectivity index (χ1v) is 10.3. The smallest absolute Gasteiger partial charge is 0.211 e. The van der Waals surface area contributed by atoms with Gasteiger partial charge in [-0.1, -0.05) is 54.0 Å². The van der Waals surface area contributed by atoms with Crippen molar-refractivity contribution in [1.82, 2.24) is 0 Å². The number of anilines is 1. The molecule has 1 heterocycles. The number of ketones is 2. The van der Waals surface area contributed by atoms with Crippen molar-refractivity contribution in [1.29, 1.82) is 0 Å². The number of hydrogen-bond donors (Lipinski definition) is 2. The van der Waals surface area contributed by atoms with E-state index in [1.54, 1.807) is 41.3 Å². The fourth-order valence-electron chi connectivity index (χ4n) is 5.12. The van der Waals surface area contributed by atoms with Gasteiger partial charge in [-0.25, -0.2) is 0 Å². The highest BCUT2D eigenvalue weighted by Gasteiger charge is 2.74. The maximum Gasteiger partial charge on any atom is 0.211 e. The summed E-state index contributed by atoms with van der Waals surface area (Å²) in [5.74, 6) is -0.922. The summed E-state index contributed by atoms with van der Waals surface area (Å²) in [5, 5.41) is 23.8. The van der Waals surface area contributed by atoms with E-state index < -0.39 is 17.1 Å². The van der Waals surface area contributed by atoms with Crippen molar-refractivity contribution in [2.24, 2.45) is 5.41 Å². The first-order valence-electron chi connectivity index (χ1n) is 9.53. The van der Waals surface area contributed by atoms with Gasteiger partial charge >= 0.3 is 0 Å². The van der Waals surface area contributed by atoms with Gasteiger partial charge in [0.25, 0.3) is 0 Å². The molecular formula is C23H20BrNO4. The van der Waals surface area contributed by atoms with Gasteiger partial charge in [-0.05, 0) is 36.1 Å². The number of benzene rings is 2. The molecule has 0 unspecified atom stereocenters. The zero-order valence-electron chi connectivity index (χ0n) is 16.1. The Kier molecular flexibility index (Phi) is 3.65. The summed E-state index contributed by atoms with van der Waals surface area (Å²) in [4.78, 5) is 28.2. The van der Waals surface area contributed by atoms with Crippen LogP contribution < -0.4 is 4.90 Å². The fraction of sp³-hybridized carbons (Fsp3) is 0.304. The molecule has 5 rings (SSSR count). The van der Waals surface area contributed by atoms with Crippen LogP contribution in [-0.4, -0.2) is 27.4 Å². The van der Waals surface area contributed by atoms with Crippen molar-refractivity contribution in [2.75, 3.05) is 4.90 Å². The van der Waals surface area contributed by atoms with Crippen molar-refractivity contribution >= 4 is 33.2 Å². The van der Waals surface area contributed by atoms with Crippen molar-refractivity contribution in [3.63, 3.8) is 0 Å². The number of carbonyl (C=O) groups is 2. The van der Waals surface area contributed by atoms with Crippen LogP contribution in [0.25, 0.3) is 0 Å². The lowest BCUT2D eigenvalue weighted by molar-refractivity contribution is -0.124. The van der Waals surface area contributed by atoms with Gasteiger partial charge in [0.1, 0.15) is 0 Å². The van der Waals surface area contributed by atoms with Crippen molar-refractivity contribution in [3.05, 3.63) is 75.4 Å². The number of allylic oxidation sites excluding steroid dienone is 1. The molecule has 2 aromatic carbocycles. The number of aliphatic hydroxyl groups is 2. The predicted octanol–water partition coefficient (Wildman–Crippen LogP) is 3.69. The topological polar surface area (TPSA) is 77.8 Å². The van der Waals surface area contributed by atoms with Gasteiger partial charge < -0.3 is 15.1 Å². The van der Waals surface area contributed by atoms with Crippen LogP contribution in [-0.2, 0) is 10.5 Å². The molecule has 2 aromatic rings. The summed E-state index contributed by atoms with van der Waals surface area (Å²) in [6.45, 7) is 3.96. The molecule has 0 amide bonds. The van der Waals surface area contributed by atoms with Crippen LogP contribution in [0.5, 0.6) is 0 Å². The largest absolute Gasteiger partial charge is 0.372 e. The number of fused-ring (bicyclic) bond motifs is 4. The first kappa shape index (κ1) is 18.7. The molecule has 29 heavy (non-hydrogen) atoms. The highest BCUT2D eigenvalue weighted by atomic mass is 79.9. The Balaban J connectivity index is 1.86. The number of halogens is 1. The van der Waals surface area contributed by atoms with Crippen LogP contribution in [0.3, 0.4) is 0 Å². The Morgan fingerprint density at radius 3 is 2.31 bits per heavy atom. The summed E-state index contributed by atoms with van der Waals surface area (Å²) in [6, 6.07) is 13.9. The van der Waals surface area contributed by atoms with Gasteiger partial charge in [0.05, 0.1) is 5.57 Å². The molecule has 5 nitrogen and oxygen atoms in total. The van der Waals surface area contributed by atoms with E-state index in [9.17, 15) is 19.8 Å². The van der Waals surface area contributed by atoms with Gasteiger partial charge in [-0.3, -0.25) is 9.59 Å². The minimum absolute atomic E-state index is 0.0310. The van der Waals surface area contributed by atoms with Gasteiger partial charge in [0.15, 0.2) is 5.78 Å². The Hall–Kier alpha value is -2.28. The number of hydrogen-bond acceptors (Lipinski definition) is 5. The van der Waals surface area contributed by atoms with Gasteiger partial charge in [0, 0.05) is 33.4 Å². The molecule has 0 spiro atoms. The Morgan fingerprint density at radius 1 is 0.966 bits per heavy atom. The van der Waals surface area contributed by atoms with E-state index in [-0.39, 0.29) is 28.8 Å². The standard InChI is InChI=1S/C23H20BrNO4/c1-21(2)11-17-19(18(26)12-21)22(28)20(27)15-5-3-4-6-16(15)23(22,29)25(17)14-9-7-13(24)8-10-14/h3-10,28-29H,11-12H2,1-2H3/t22-,23+/m0/s1. The molecule has 2 atom stereocenters. The van der Waals surface area contributed by atoms with E-state index in [0.29, 0.717) is 23.4 Å². The second kappa shape index (κ2) is 5.65. The Morgan fingerprint density at radius 2 is 1.62 bits per heavy atom. The third kappa shape index (κ3) is 2.17. The third-order valence-corrected chi connectivity index (χ3v) is 6.80. The second-order valence-corrected chi connectivity index (χ2v) is 9.75. The van der Waals surface area contributed by atoms with Crippen LogP contribution in [0.4, 0.5) is 5.69 Å². The fourth-order valence-corrected chi connectivity index (χ4v) is 5.39. The van der Waals surface area contributed by atoms with E-state index in [0.717, 1.165) is 4.47 Å². The average Bonchev–Trinajstić information content (AvgIpc) is 2.96. The molecule has 0 saturated heterocycles. The van der Waals surface area contributed by atoms with Gasteiger partial charge in [0.2, 0.25) is 17.1 Å². The van der Waals surface area contributed by atoms with E-state index in [1.165, 1.54) is 0 Å². The highest BCUT2D eigenvalue weighted by Crippen LogP contribution is 2.61. The van der Waals surface area contributed by atoms with Gasteiger partial charge in [-0.2, -0.15) is 0 Å². The van der Waals surface area contributed by atoms with Crippen LogP contribution in [0.2, 0.25) is 0 Å². The number of Topliss-reactive ketones (excluding diaryl/α,β-unsaturated/α-hetero) is 2. The van der Waals surface area contributed by atoms with E-state index >= 15 is 0 Å². The molecule has 6 heteroatoms. The quantitative estimate of drug-likeness (QED) is 0.688. The maximum atomic E-state index is 13.4. The molecule has 0 aromatic heterocycles. The molecule has 3 aliphatic rings. The van der Waals surface area contributed by atoms with Crippen molar-refractivity contribution in [3.8, 4) is 0 Å². The van der Waals surface area contributed by atoms with Crippen molar-refractivity contribution < 1.29 is 19.8 Å². The molecule has 2 aliphatic carbocycles. The minimum Gasteiger partial charge on any atom is -0.372 e. The molecule has 2 N–H and O–H groups in total. The third-order valence-electron chi connectivity index (χ3n) is 6.27. The lowest BCUT2D eigenvalue weighted by Gasteiger charge is -2.41. The average molecular weight is 454 g/mol. The molecular weight excluding hydrogens is 434 g/mol. The van der Waals surface area contributed by atoms with Crippen molar-refractivity contribution in [2.45, 2.75) is 38.0 Å². The normalized spacial score (nSPS) is 29.8. The van der Waals surface area contributed by atoms with Gasteiger partial charge in [-0.15, -0.1) is 0 Å². The number of nitrogens with zero attached hydrogens (tertiary/aromatic N) is 1. The van der Waals surface area contributed by atoms with E-state index in [1.807, 2.05) is 26.0 Å². The number of carbonyl (C=O) groups excluding carboxylic acids is 2. The number of rotatable bonds is 1. The molecule has 0 radical (unpaired) electrons. The van der Waals surface area contributed by atoms with Crippen LogP contribution in [0, 0.1) is 5.41 Å². The monoisotopic (exact) mass is 453 g/mol. The highest BCUT2D eigenvalue weighted by molar-refractivity contribution is 9.10.